The molecule has 6 heteroatoms. The van der Waals surface area contributed by atoms with E-state index in [1.165, 1.54) is 0 Å². The lowest BCUT2D eigenvalue weighted by molar-refractivity contribution is 0.342. The summed E-state index contributed by atoms with van der Waals surface area (Å²) in [5.74, 6) is 0.791. The second-order valence-electron chi connectivity index (χ2n) is 5.37. The highest BCUT2D eigenvalue weighted by atomic mass is 32.1. The third kappa shape index (κ3) is 4.58. The van der Waals surface area contributed by atoms with Crippen molar-refractivity contribution < 1.29 is 4.74 Å². The van der Waals surface area contributed by atoms with Gasteiger partial charge in [0.15, 0.2) is 5.11 Å². The lowest BCUT2D eigenvalue weighted by Gasteiger charge is -2.14. The minimum Gasteiger partial charge on any atom is -0.492 e. The van der Waals surface area contributed by atoms with Gasteiger partial charge in [0.2, 0.25) is 0 Å². The summed E-state index contributed by atoms with van der Waals surface area (Å²) in [7, 11) is 0. The number of ether oxygens (including phenoxy) is 1. The minimum absolute atomic E-state index is 0.561. The Hall–Kier alpha value is -2.86. The molecule has 1 heterocycles. The average molecular weight is 352 g/mol. The Kier molecular flexibility index (Phi) is 5.64. The van der Waals surface area contributed by atoms with Gasteiger partial charge in [0.05, 0.1) is 18.6 Å². The van der Waals surface area contributed by atoms with Crippen LogP contribution in [0.2, 0.25) is 0 Å². The number of rotatable bonds is 6. The number of hydrogen-bond acceptors (Lipinski definition) is 3. The van der Waals surface area contributed by atoms with Crippen LogP contribution in [0.1, 0.15) is 12.5 Å². The standard InChI is InChI=1S/C19H20N4OS/c1-2-24-18-6-4-3-5-17(18)22-19(25)21-13-15-7-9-16(10-8-15)23-12-11-20-14-23/h3-12,14H,2,13H2,1H3,(H2,21,22,25). The highest BCUT2D eigenvalue weighted by molar-refractivity contribution is 7.80. The first kappa shape index (κ1) is 17.0. The number of nitrogens with zero attached hydrogens (tertiary/aromatic N) is 2. The Morgan fingerprint density at radius 2 is 1.96 bits per heavy atom. The van der Waals surface area contributed by atoms with Crippen LogP contribution in [0.4, 0.5) is 5.69 Å². The Morgan fingerprint density at radius 3 is 2.68 bits per heavy atom. The van der Waals surface area contributed by atoms with Gasteiger partial charge in [-0.15, -0.1) is 0 Å². The van der Waals surface area contributed by atoms with Crippen molar-refractivity contribution in [2.45, 2.75) is 13.5 Å². The zero-order valence-corrected chi connectivity index (χ0v) is 14.8. The molecule has 3 aromatic rings. The zero-order valence-electron chi connectivity index (χ0n) is 14.0. The van der Waals surface area contributed by atoms with Gasteiger partial charge in [0, 0.05) is 24.6 Å². The maximum absolute atomic E-state index is 5.59. The van der Waals surface area contributed by atoms with Crippen molar-refractivity contribution >= 4 is 23.0 Å². The Morgan fingerprint density at radius 1 is 1.16 bits per heavy atom. The van der Waals surface area contributed by atoms with E-state index in [9.17, 15) is 0 Å². The van der Waals surface area contributed by atoms with E-state index < -0.39 is 0 Å². The van der Waals surface area contributed by atoms with Crippen molar-refractivity contribution in [1.29, 1.82) is 0 Å². The van der Waals surface area contributed by atoms with E-state index in [2.05, 4.69) is 39.9 Å². The number of aromatic nitrogens is 2. The number of nitrogens with one attached hydrogen (secondary N) is 2. The fourth-order valence-corrected chi connectivity index (χ4v) is 2.58. The molecule has 1 aromatic heterocycles. The number of thiocarbonyl (C=S) groups is 1. The largest absolute Gasteiger partial charge is 0.492 e. The highest BCUT2D eigenvalue weighted by Gasteiger charge is 2.04. The second-order valence-corrected chi connectivity index (χ2v) is 5.78. The van der Waals surface area contributed by atoms with Crippen LogP contribution in [0.3, 0.4) is 0 Å². The maximum atomic E-state index is 5.59. The minimum atomic E-state index is 0.561. The molecule has 0 atom stereocenters. The molecule has 25 heavy (non-hydrogen) atoms. The molecule has 2 N–H and O–H groups in total. The van der Waals surface area contributed by atoms with Crippen molar-refractivity contribution in [2.24, 2.45) is 0 Å². The third-order valence-electron chi connectivity index (χ3n) is 3.63. The maximum Gasteiger partial charge on any atom is 0.171 e. The summed E-state index contributed by atoms with van der Waals surface area (Å²) in [6, 6.07) is 16.0. The van der Waals surface area contributed by atoms with Gasteiger partial charge in [0.1, 0.15) is 5.75 Å². The van der Waals surface area contributed by atoms with Crippen LogP contribution in [-0.4, -0.2) is 21.3 Å². The molecule has 0 aliphatic rings. The van der Waals surface area contributed by atoms with E-state index in [0.717, 1.165) is 22.7 Å². The van der Waals surface area contributed by atoms with Gasteiger partial charge >= 0.3 is 0 Å². The van der Waals surface area contributed by atoms with Gasteiger partial charge in [-0.05, 0) is 49.0 Å². The number of benzene rings is 2. The summed E-state index contributed by atoms with van der Waals surface area (Å²) in [4.78, 5) is 4.06. The van der Waals surface area contributed by atoms with Crippen molar-refractivity contribution in [2.75, 3.05) is 11.9 Å². The molecule has 0 amide bonds. The van der Waals surface area contributed by atoms with Gasteiger partial charge in [-0.2, -0.15) is 0 Å². The van der Waals surface area contributed by atoms with Crippen molar-refractivity contribution in [3.63, 3.8) is 0 Å². The van der Waals surface area contributed by atoms with Gasteiger partial charge in [-0.25, -0.2) is 4.98 Å². The van der Waals surface area contributed by atoms with Crippen LogP contribution in [0.5, 0.6) is 5.75 Å². The van der Waals surface area contributed by atoms with E-state index in [0.29, 0.717) is 18.3 Å². The molecule has 0 fully saturated rings. The fraction of sp³-hybridized carbons (Fsp3) is 0.158. The van der Waals surface area contributed by atoms with Crippen molar-refractivity contribution in [3.8, 4) is 11.4 Å². The molecule has 128 valence electrons. The van der Waals surface area contributed by atoms with Gasteiger partial charge in [-0.3, -0.25) is 0 Å². The molecule has 0 radical (unpaired) electrons. The zero-order chi connectivity index (χ0) is 17.5. The Balaban J connectivity index is 1.56. The lowest BCUT2D eigenvalue weighted by Crippen LogP contribution is -2.28. The van der Waals surface area contributed by atoms with Crippen LogP contribution in [0.15, 0.2) is 67.3 Å². The molecular weight excluding hydrogens is 332 g/mol. The lowest BCUT2D eigenvalue weighted by atomic mass is 10.2. The van der Waals surface area contributed by atoms with E-state index >= 15 is 0 Å². The molecule has 0 spiro atoms. The van der Waals surface area contributed by atoms with Crippen molar-refractivity contribution in [3.05, 3.63) is 72.8 Å². The summed E-state index contributed by atoms with van der Waals surface area (Å²) in [6.07, 6.45) is 5.46. The van der Waals surface area contributed by atoms with Crippen LogP contribution >= 0.6 is 12.2 Å². The first-order valence-electron chi connectivity index (χ1n) is 8.10. The van der Waals surface area contributed by atoms with Crippen LogP contribution in [0.25, 0.3) is 5.69 Å². The Bertz CT molecular complexity index is 816. The topological polar surface area (TPSA) is 51.1 Å². The predicted octanol–water partition coefficient (Wildman–Crippen LogP) is 3.76. The fourth-order valence-electron chi connectivity index (χ4n) is 2.40. The molecule has 0 unspecified atom stereocenters. The molecule has 0 aliphatic heterocycles. The van der Waals surface area contributed by atoms with Gasteiger partial charge < -0.3 is 19.9 Å². The molecule has 3 rings (SSSR count). The Labute approximate surface area is 152 Å². The first-order chi connectivity index (χ1) is 12.3. The summed E-state index contributed by atoms with van der Waals surface area (Å²) < 4.78 is 7.56. The predicted molar refractivity (Wildman–Crippen MR) is 104 cm³/mol. The van der Waals surface area contributed by atoms with E-state index in [-0.39, 0.29) is 0 Å². The van der Waals surface area contributed by atoms with Crippen LogP contribution < -0.4 is 15.4 Å². The van der Waals surface area contributed by atoms with Gasteiger partial charge in [0.25, 0.3) is 0 Å². The SMILES string of the molecule is CCOc1ccccc1NC(=S)NCc1ccc(-n2ccnc2)cc1. The molecule has 0 bridgehead atoms. The van der Waals surface area contributed by atoms with Crippen LogP contribution in [0, 0.1) is 0 Å². The molecular formula is C19H20N4OS. The van der Waals surface area contributed by atoms with Crippen molar-refractivity contribution in [1.82, 2.24) is 14.9 Å². The first-order valence-corrected chi connectivity index (χ1v) is 8.51. The van der Waals surface area contributed by atoms with Crippen LogP contribution in [-0.2, 0) is 6.54 Å². The number of imidazole rings is 1. The normalized spacial score (nSPS) is 10.3. The van der Waals surface area contributed by atoms with Gasteiger partial charge in [-0.1, -0.05) is 24.3 Å². The molecule has 0 saturated heterocycles. The summed E-state index contributed by atoms with van der Waals surface area (Å²) in [6.45, 7) is 3.22. The third-order valence-corrected chi connectivity index (χ3v) is 3.87. The molecule has 0 aliphatic carbocycles. The average Bonchev–Trinajstić information content (AvgIpc) is 3.17. The monoisotopic (exact) mass is 352 g/mol. The molecule has 5 nitrogen and oxygen atoms in total. The quantitative estimate of drug-likeness (QED) is 0.662. The second kappa shape index (κ2) is 8.30. The summed E-state index contributed by atoms with van der Waals surface area (Å²) in [5, 5.41) is 6.96. The summed E-state index contributed by atoms with van der Waals surface area (Å²) in [5.41, 5.74) is 3.08. The highest BCUT2D eigenvalue weighted by Crippen LogP contribution is 2.23. The number of anilines is 1. The molecule has 2 aromatic carbocycles. The molecule has 0 saturated carbocycles. The number of para-hydroxylation sites is 2. The summed E-state index contributed by atoms with van der Waals surface area (Å²) >= 11 is 5.38. The van der Waals surface area contributed by atoms with E-state index in [4.69, 9.17) is 17.0 Å². The van der Waals surface area contributed by atoms with E-state index in [1.807, 2.05) is 42.0 Å². The smallest absolute Gasteiger partial charge is 0.171 e. The number of hydrogen-bond donors (Lipinski definition) is 2. The van der Waals surface area contributed by atoms with E-state index in [1.54, 1.807) is 12.5 Å².